The van der Waals surface area contributed by atoms with Gasteiger partial charge in [0.1, 0.15) is 15.7 Å². The third kappa shape index (κ3) is 8.17. The minimum Gasteiger partial charge on any atom is -0.462 e. The summed E-state index contributed by atoms with van der Waals surface area (Å²) in [7, 11) is 0. The number of nitrogens with zero attached hydrogens (tertiary/aromatic N) is 2. The summed E-state index contributed by atoms with van der Waals surface area (Å²) >= 11 is 1.34. The maximum atomic E-state index is 13.3. The van der Waals surface area contributed by atoms with Gasteiger partial charge in [0.2, 0.25) is 0 Å². The number of guanidine groups is 1. The zero-order valence-corrected chi connectivity index (χ0v) is 21.0. The number of aryl methyl sites for hydroxylation is 2. The molecule has 2 N–H and O–H groups in total. The molecule has 0 spiro atoms. The minimum atomic E-state index is -0.334. The van der Waals surface area contributed by atoms with Gasteiger partial charge in [-0.25, -0.2) is 14.2 Å². The molecule has 6 nitrogen and oxygen atoms in total. The van der Waals surface area contributed by atoms with Crippen molar-refractivity contribution >= 4 is 47.2 Å². The van der Waals surface area contributed by atoms with Crippen molar-refractivity contribution < 1.29 is 13.9 Å². The lowest BCUT2D eigenvalue weighted by atomic mass is 10.1. The summed E-state index contributed by atoms with van der Waals surface area (Å²) in [5.74, 6) is 0.138. The topological polar surface area (TPSA) is 75.6 Å². The first kappa shape index (κ1) is 26.3. The quantitative estimate of drug-likeness (QED) is 0.157. The number of ether oxygens (including phenoxy) is 1. The first-order chi connectivity index (χ1) is 13.9. The zero-order valence-electron chi connectivity index (χ0n) is 17.8. The Morgan fingerprint density at radius 2 is 2.13 bits per heavy atom. The maximum Gasteiger partial charge on any atom is 0.350 e. The van der Waals surface area contributed by atoms with E-state index in [1.165, 1.54) is 17.4 Å². The van der Waals surface area contributed by atoms with Gasteiger partial charge in [-0.15, -0.1) is 35.3 Å². The first-order valence-corrected chi connectivity index (χ1v) is 10.7. The lowest BCUT2D eigenvalue weighted by molar-refractivity contribution is 0.0531. The van der Waals surface area contributed by atoms with Crippen LogP contribution in [-0.2, 0) is 11.2 Å². The normalized spacial score (nSPS) is 12.1. The summed E-state index contributed by atoms with van der Waals surface area (Å²) in [4.78, 5) is 21.6. The van der Waals surface area contributed by atoms with Crippen LogP contribution in [0.3, 0.4) is 0 Å². The van der Waals surface area contributed by atoms with Crippen LogP contribution in [0.4, 0.5) is 4.39 Å². The van der Waals surface area contributed by atoms with Crippen molar-refractivity contribution in [3.05, 3.63) is 51.2 Å². The molecule has 0 aliphatic heterocycles. The van der Waals surface area contributed by atoms with E-state index < -0.39 is 0 Å². The molecule has 1 heterocycles. The van der Waals surface area contributed by atoms with E-state index in [0.717, 1.165) is 30.0 Å². The van der Waals surface area contributed by atoms with E-state index in [0.29, 0.717) is 29.7 Å². The Bertz CT molecular complexity index is 844. The number of benzene rings is 1. The molecule has 0 fully saturated rings. The number of aliphatic imine (C=N–C) groups is 1. The molecule has 0 radical (unpaired) electrons. The number of aromatic nitrogens is 1. The molecule has 0 aliphatic carbocycles. The van der Waals surface area contributed by atoms with Crippen LogP contribution in [0.5, 0.6) is 0 Å². The smallest absolute Gasteiger partial charge is 0.350 e. The predicted molar refractivity (Wildman–Crippen MR) is 130 cm³/mol. The Morgan fingerprint density at radius 1 is 1.37 bits per heavy atom. The highest BCUT2D eigenvalue weighted by Crippen LogP contribution is 2.24. The van der Waals surface area contributed by atoms with Crippen molar-refractivity contribution in [1.29, 1.82) is 0 Å². The van der Waals surface area contributed by atoms with Crippen LogP contribution >= 0.6 is 35.3 Å². The van der Waals surface area contributed by atoms with Crippen LogP contribution in [-0.4, -0.2) is 36.6 Å². The van der Waals surface area contributed by atoms with Gasteiger partial charge in [0.05, 0.1) is 18.3 Å². The number of hydrogen-bond donors (Lipinski definition) is 2. The van der Waals surface area contributed by atoms with Crippen LogP contribution in [0.2, 0.25) is 0 Å². The summed E-state index contributed by atoms with van der Waals surface area (Å²) in [5, 5.41) is 7.35. The summed E-state index contributed by atoms with van der Waals surface area (Å²) in [6.07, 6.45) is 1.59. The van der Waals surface area contributed by atoms with Crippen LogP contribution in [0.15, 0.2) is 29.3 Å². The number of carbonyl (C=O) groups excluding carboxylic acids is 1. The van der Waals surface area contributed by atoms with Gasteiger partial charge in [-0.05, 0) is 58.2 Å². The lowest BCUT2D eigenvalue weighted by Gasteiger charge is -2.16. The van der Waals surface area contributed by atoms with Crippen molar-refractivity contribution in [2.75, 3.05) is 19.7 Å². The molecule has 30 heavy (non-hydrogen) atoms. The Morgan fingerprint density at radius 3 is 2.80 bits per heavy atom. The van der Waals surface area contributed by atoms with Crippen LogP contribution < -0.4 is 10.6 Å². The van der Waals surface area contributed by atoms with E-state index in [4.69, 9.17) is 4.74 Å². The molecular formula is C21H30FIN4O2S. The van der Waals surface area contributed by atoms with Gasteiger partial charge in [0.15, 0.2) is 5.96 Å². The fourth-order valence-corrected chi connectivity index (χ4v) is 3.70. The van der Waals surface area contributed by atoms with Crippen molar-refractivity contribution in [2.45, 2.75) is 46.6 Å². The third-order valence-electron chi connectivity index (χ3n) is 4.12. The lowest BCUT2D eigenvalue weighted by Crippen LogP contribution is -2.38. The number of esters is 1. The first-order valence-electron chi connectivity index (χ1n) is 9.88. The summed E-state index contributed by atoms with van der Waals surface area (Å²) in [5.41, 5.74) is 1.64. The van der Waals surface area contributed by atoms with E-state index in [1.807, 2.05) is 26.8 Å². The van der Waals surface area contributed by atoms with E-state index in [-0.39, 0.29) is 41.8 Å². The molecule has 9 heteroatoms. The fraction of sp³-hybridized carbons (Fsp3) is 0.476. The third-order valence-corrected chi connectivity index (χ3v) is 5.44. The maximum absolute atomic E-state index is 13.3. The highest BCUT2D eigenvalue weighted by atomic mass is 127. The molecule has 166 valence electrons. The van der Waals surface area contributed by atoms with E-state index in [1.54, 1.807) is 19.1 Å². The monoisotopic (exact) mass is 548 g/mol. The number of rotatable bonds is 9. The predicted octanol–water partition coefficient (Wildman–Crippen LogP) is 4.63. The number of thiazole rings is 1. The van der Waals surface area contributed by atoms with Crippen molar-refractivity contribution in [1.82, 2.24) is 15.6 Å². The molecule has 0 amide bonds. The number of nitrogens with one attached hydrogen (secondary N) is 2. The van der Waals surface area contributed by atoms with E-state index in [2.05, 4.69) is 20.6 Å². The van der Waals surface area contributed by atoms with Gasteiger partial charge in [0.25, 0.3) is 0 Å². The van der Waals surface area contributed by atoms with Crippen LogP contribution in [0, 0.1) is 12.7 Å². The molecule has 0 saturated carbocycles. The van der Waals surface area contributed by atoms with Crippen LogP contribution in [0.1, 0.15) is 59.2 Å². The van der Waals surface area contributed by atoms with Crippen molar-refractivity contribution in [3.63, 3.8) is 0 Å². The van der Waals surface area contributed by atoms with Gasteiger partial charge in [-0.1, -0.05) is 12.1 Å². The second kappa shape index (κ2) is 13.5. The zero-order chi connectivity index (χ0) is 21.2. The van der Waals surface area contributed by atoms with Gasteiger partial charge >= 0.3 is 5.97 Å². The Kier molecular flexibility index (Phi) is 11.9. The number of carbonyl (C=O) groups is 1. The average molecular weight is 548 g/mol. The Labute approximate surface area is 198 Å². The standard InChI is InChI=1S/C21H29FN4O2S.HI/c1-5-23-21(24-12-8-10-16-9-7-11-17(22)13-16)26-15(4)19-25-14(3)18(29-19)20(27)28-6-2;/h7,9,11,13,15H,5-6,8,10,12H2,1-4H3,(H2,23,24,26);1H. The number of hydrogen-bond acceptors (Lipinski definition) is 5. The molecule has 0 aliphatic rings. The largest absolute Gasteiger partial charge is 0.462 e. The highest BCUT2D eigenvalue weighted by Gasteiger charge is 2.20. The Balaban J connectivity index is 0.00000450. The van der Waals surface area contributed by atoms with Gasteiger partial charge in [0, 0.05) is 13.1 Å². The SMILES string of the molecule is CCNC(=NCCCc1cccc(F)c1)NC(C)c1nc(C)c(C(=O)OCC)s1.I. The summed E-state index contributed by atoms with van der Waals surface area (Å²) < 4.78 is 18.3. The second-order valence-corrected chi connectivity index (χ2v) is 7.58. The molecule has 2 rings (SSSR count). The Hall–Kier alpha value is -1.75. The molecule has 0 bridgehead atoms. The van der Waals surface area contributed by atoms with E-state index >= 15 is 0 Å². The fourth-order valence-electron chi connectivity index (χ4n) is 2.74. The molecule has 1 aromatic carbocycles. The summed E-state index contributed by atoms with van der Waals surface area (Å²) in [6.45, 7) is 9.26. The molecule has 1 unspecified atom stereocenters. The average Bonchev–Trinajstić information content (AvgIpc) is 3.07. The van der Waals surface area contributed by atoms with Gasteiger partial charge in [-0.2, -0.15) is 0 Å². The molecule has 2 aromatic rings. The van der Waals surface area contributed by atoms with Gasteiger partial charge in [-0.3, -0.25) is 4.99 Å². The second-order valence-electron chi connectivity index (χ2n) is 6.55. The summed E-state index contributed by atoms with van der Waals surface area (Å²) in [6, 6.07) is 6.54. The highest BCUT2D eigenvalue weighted by molar-refractivity contribution is 14.0. The molecule has 1 atom stereocenters. The van der Waals surface area contributed by atoms with Crippen molar-refractivity contribution in [3.8, 4) is 0 Å². The molecule has 1 aromatic heterocycles. The van der Waals surface area contributed by atoms with E-state index in [9.17, 15) is 9.18 Å². The minimum absolute atomic E-state index is 0. The molecular weight excluding hydrogens is 518 g/mol. The van der Waals surface area contributed by atoms with Gasteiger partial charge < -0.3 is 15.4 Å². The van der Waals surface area contributed by atoms with Crippen molar-refractivity contribution in [2.24, 2.45) is 4.99 Å². The molecule has 0 saturated heterocycles. The number of halogens is 2. The van der Waals surface area contributed by atoms with Crippen LogP contribution in [0.25, 0.3) is 0 Å².